The van der Waals surface area contributed by atoms with Gasteiger partial charge in [0, 0.05) is 10.9 Å². The second kappa shape index (κ2) is 7.36. The Bertz CT molecular complexity index is 1010. The van der Waals surface area contributed by atoms with Crippen molar-refractivity contribution in [3.63, 3.8) is 0 Å². The number of nitrogens with one attached hydrogen (secondary N) is 2. The fourth-order valence-corrected chi connectivity index (χ4v) is 6.89. The van der Waals surface area contributed by atoms with Gasteiger partial charge < -0.3 is 15.1 Å². The Morgan fingerprint density at radius 2 is 2.07 bits per heavy atom. The van der Waals surface area contributed by atoms with E-state index >= 15 is 0 Å². The Labute approximate surface area is 167 Å². The maximum atomic E-state index is 13.0. The summed E-state index contributed by atoms with van der Waals surface area (Å²) in [4.78, 5) is 26.6. The second-order valence-electron chi connectivity index (χ2n) is 7.56. The molecule has 0 saturated carbocycles. The summed E-state index contributed by atoms with van der Waals surface area (Å²) in [5.41, 5.74) is 1.44. The molecule has 2 aromatic heterocycles. The van der Waals surface area contributed by atoms with Crippen molar-refractivity contribution in [2.45, 2.75) is 38.6 Å². The van der Waals surface area contributed by atoms with Crippen LogP contribution in [0.25, 0.3) is 0 Å². The zero-order valence-corrected chi connectivity index (χ0v) is 17.1. The minimum Gasteiger partial charge on any atom is -0.459 e. The largest absolute Gasteiger partial charge is 0.459 e. The van der Waals surface area contributed by atoms with E-state index in [1.165, 1.54) is 17.6 Å². The maximum absolute atomic E-state index is 13.0. The van der Waals surface area contributed by atoms with E-state index in [0.29, 0.717) is 22.9 Å². The first-order chi connectivity index (χ1) is 13.3. The van der Waals surface area contributed by atoms with Crippen LogP contribution in [-0.2, 0) is 22.7 Å². The zero-order valence-electron chi connectivity index (χ0n) is 15.5. The van der Waals surface area contributed by atoms with Gasteiger partial charge in [-0.3, -0.25) is 9.59 Å². The Balaban J connectivity index is 1.62. The fourth-order valence-electron chi connectivity index (χ4n) is 3.82. The Hall–Kier alpha value is -2.13. The van der Waals surface area contributed by atoms with Crippen LogP contribution in [0.1, 0.15) is 51.1 Å². The van der Waals surface area contributed by atoms with Crippen LogP contribution in [0, 0.1) is 5.92 Å². The summed E-state index contributed by atoms with van der Waals surface area (Å²) in [5, 5.41) is 6.17. The molecule has 2 aliphatic rings. The first-order valence-electron chi connectivity index (χ1n) is 9.33. The predicted molar refractivity (Wildman–Crippen MR) is 107 cm³/mol. The molecule has 0 radical (unpaired) electrons. The highest BCUT2D eigenvalue weighted by molar-refractivity contribution is 7.91. The molecule has 2 atom stereocenters. The van der Waals surface area contributed by atoms with E-state index < -0.39 is 15.7 Å². The molecule has 2 unspecified atom stereocenters. The molecule has 0 spiro atoms. The van der Waals surface area contributed by atoms with Crippen LogP contribution < -0.4 is 10.6 Å². The van der Waals surface area contributed by atoms with Crippen LogP contribution in [0.2, 0.25) is 0 Å². The average molecular weight is 423 g/mol. The van der Waals surface area contributed by atoms with Gasteiger partial charge in [-0.2, -0.15) is 0 Å². The Morgan fingerprint density at radius 3 is 2.75 bits per heavy atom. The molecule has 1 aliphatic carbocycles. The molecule has 1 fully saturated rings. The number of rotatable bonds is 4. The highest BCUT2D eigenvalue weighted by Crippen LogP contribution is 2.40. The number of furan rings is 1. The molecule has 4 rings (SSSR count). The third-order valence-electron chi connectivity index (χ3n) is 5.28. The third kappa shape index (κ3) is 3.86. The van der Waals surface area contributed by atoms with Crippen LogP contribution in [0.3, 0.4) is 0 Å². The minimum absolute atomic E-state index is 0.0316. The van der Waals surface area contributed by atoms with Gasteiger partial charge in [-0.1, -0.05) is 6.92 Å². The van der Waals surface area contributed by atoms with E-state index in [2.05, 4.69) is 17.6 Å². The summed E-state index contributed by atoms with van der Waals surface area (Å²) in [6, 6.07) is 2.81. The molecule has 28 heavy (non-hydrogen) atoms. The molecule has 0 aromatic carbocycles. The molecule has 0 bridgehead atoms. The smallest absolute Gasteiger partial charge is 0.291 e. The van der Waals surface area contributed by atoms with Gasteiger partial charge in [0.25, 0.3) is 11.8 Å². The van der Waals surface area contributed by atoms with Crippen LogP contribution in [0.5, 0.6) is 0 Å². The summed E-state index contributed by atoms with van der Waals surface area (Å²) < 4.78 is 28.6. The number of anilines is 1. The highest BCUT2D eigenvalue weighted by atomic mass is 32.2. The lowest BCUT2D eigenvalue weighted by Gasteiger charge is -2.19. The molecule has 1 aliphatic heterocycles. The summed E-state index contributed by atoms with van der Waals surface area (Å²) in [7, 11) is -3.09. The standard InChI is InChI=1S/C19H22N2O5S2/c1-11-4-5-13-15(9-11)27-19(21-17(22)14-3-2-7-26-14)16(13)18(23)20-12-6-8-28(24,25)10-12/h2-3,7,11-12H,4-6,8-10H2,1H3,(H,20,23)(H,21,22). The molecule has 7 nitrogen and oxygen atoms in total. The van der Waals surface area contributed by atoms with Crippen LogP contribution in [0.4, 0.5) is 5.00 Å². The molecule has 2 amide bonds. The van der Waals surface area contributed by atoms with Crippen molar-refractivity contribution in [3.05, 3.63) is 40.2 Å². The van der Waals surface area contributed by atoms with Gasteiger partial charge >= 0.3 is 0 Å². The topological polar surface area (TPSA) is 105 Å². The lowest BCUT2D eigenvalue weighted by Crippen LogP contribution is -2.36. The number of thiophene rings is 1. The van der Waals surface area contributed by atoms with Gasteiger partial charge in [0.15, 0.2) is 15.6 Å². The van der Waals surface area contributed by atoms with E-state index in [-0.39, 0.29) is 29.2 Å². The Morgan fingerprint density at radius 1 is 1.25 bits per heavy atom. The van der Waals surface area contributed by atoms with E-state index in [1.807, 2.05) is 0 Å². The van der Waals surface area contributed by atoms with Crippen molar-refractivity contribution >= 4 is 38.0 Å². The summed E-state index contributed by atoms with van der Waals surface area (Å²) in [5.74, 6) is 0.0387. The predicted octanol–water partition coefficient (Wildman–Crippen LogP) is 2.64. The fraction of sp³-hybridized carbons (Fsp3) is 0.474. The first-order valence-corrected chi connectivity index (χ1v) is 12.0. The maximum Gasteiger partial charge on any atom is 0.291 e. The van der Waals surface area contributed by atoms with Crippen molar-refractivity contribution in [3.8, 4) is 0 Å². The number of hydrogen-bond acceptors (Lipinski definition) is 6. The van der Waals surface area contributed by atoms with Crippen molar-refractivity contribution in [2.75, 3.05) is 16.8 Å². The van der Waals surface area contributed by atoms with Gasteiger partial charge in [-0.25, -0.2) is 8.42 Å². The first kappa shape index (κ1) is 19.2. The van der Waals surface area contributed by atoms with Gasteiger partial charge in [0.2, 0.25) is 0 Å². The van der Waals surface area contributed by atoms with E-state index in [0.717, 1.165) is 29.7 Å². The number of amides is 2. The lowest BCUT2D eigenvalue weighted by atomic mass is 9.88. The number of fused-ring (bicyclic) bond motifs is 1. The van der Waals surface area contributed by atoms with Crippen molar-refractivity contribution in [2.24, 2.45) is 5.92 Å². The van der Waals surface area contributed by atoms with E-state index in [4.69, 9.17) is 4.42 Å². The van der Waals surface area contributed by atoms with Crippen LogP contribution in [0.15, 0.2) is 22.8 Å². The van der Waals surface area contributed by atoms with Gasteiger partial charge in [-0.15, -0.1) is 11.3 Å². The number of carbonyl (C=O) groups is 2. The van der Waals surface area contributed by atoms with Crippen molar-refractivity contribution < 1.29 is 22.4 Å². The number of carbonyl (C=O) groups excluding carboxylic acids is 2. The molecule has 150 valence electrons. The van der Waals surface area contributed by atoms with Gasteiger partial charge in [-0.05, 0) is 49.3 Å². The average Bonchev–Trinajstić information content (AvgIpc) is 3.33. The van der Waals surface area contributed by atoms with E-state index in [1.54, 1.807) is 12.1 Å². The summed E-state index contributed by atoms with van der Waals surface area (Å²) >= 11 is 1.42. The van der Waals surface area contributed by atoms with Gasteiger partial charge in [0.1, 0.15) is 5.00 Å². The van der Waals surface area contributed by atoms with Crippen molar-refractivity contribution in [1.82, 2.24) is 5.32 Å². The summed E-state index contributed by atoms with van der Waals surface area (Å²) in [6.45, 7) is 2.17. The second-order valence-corrected chi connectivity index (χ2v) is 10.9. The van der Waals surface area contributed by atoms with Crippen LogP contribution >= 0.6 is 11.3 Å². The minimum atomic E-state index is -3.09. The van der Waals surface area contributed by atoms with E-state index in [9.17, 15) is 18.0 Å². The molecular formula is C19H22N2O5S2. The van der Waals surface area contributed by atoms with Crippen LogP contribution in [-0.4, -0.2) is 37.8 Å². The monoisotopic (exact) mass is 422 g/mol. The molecule has 1 saturated heterocycles. The summed E-state index contributed by atoms with van der Waals surface area (Å²) in [6.07, 6.45) is 4.47. The lowest BCUT2D eigenvalue weighted by molar-refractivity contribution is 0.0941. The SMILES string of the molecule is CC1CCc2c(sc(NC(=O)c3ccco3)c2C(=O)NC2CCS(=O)(=O)C2)C1. The highest BCUT2D eigenvalue weighted by Gasteiger charge is 2.33. The number of sulfone groups is 1. The number of hydrogen-bond donors (Lipinski definition) is 2. The third-order valence-corrected chi connectivity index (χ3v) is 8.22. The van der Waals surface area contributed by atoms with Crippen molar-refractivity contribution in [1.29, 1.82) is 0 Å². The molecule has 2 aromatic rings. The quantitative estimate of drug-likeness (QED) is 0.788. The molecule has 3 heterocycles. The molecular weight excluding hydrogens is 400 g/mol. The Kier molecular flexibility index (Phi) is 5.05. The van der Waals surface area contributed by atoms with Gasteiger partial charge in [0.05, 0.1) is 23.3 Å². The zero-order chi connectivity index (χ0) is 19.9. The molecule has 2 N–H and O–H groups in total. The molecule has 9 heteroatoms. The normalized spacial score (nSPS) is 23.2.